The highest BCUT2D eigenvalue weighted by Gasteiger charge is 2.22. The molecule has 2 aromatic rings. The molecule has 3 heteroatoms. The molecule has 112 valence electrons. The standard InChI is InChI=1S/C19H19NO2/c21-18(14-6-2-1-3-7-14)15-10-12-17(13-11-15)20-19(22)16-8-4-5-9-16/h1-3,6-7,10-13,16H,4-5,8-9H2,(H,20,22). The lowest BCUT2D eigenvalue weighted by Gasteiger charge is -2.10. The summed E-state index contributed by atoms with van der Waals surface area (Å²) in [6.45, 7) is 0. The lowest BCUT2D eigenvalue weighted by atomic mass is 10.0. The highest BCUT2D eigenvalue weighted by molar-refractivity contribution is 6.09. The number of benzene rings is 2. The van der Waals surface area contributed by atoms with E-state index in [9.17, 15) is 9.59 Å². The molecule has 0 aromatic heterocycles. The Morgan fingerprint density at radius 1 is 0.818 bits per heavy atom. The summed E-state index contributed by atoms with van der Waals surface area (Å²) in [5.41, 5.74) is 2.05. The molecule has 0 heterocycles. The van der Waals surface area contributed by atoms with E-state index in [0.29, 0.717) is 11.1 Å². The summed E-state index contributed by atoms with van der Waals surface area (Å²) in [5.74, 6) is 0.236. The minimum atomic E-state index is -0.00531. The highest BCUT2D eigenvalue weighted by atomic mass is 16.2. The summed E-state index contributed by atoms with van der Waals surface area (Å²) in [5, 5.41) is 2.94. The molecule has 1 fully saturated rings. The zero-order chi connectivity index (χ0) is 15.4. The van der Waals surface area contributed by atoms with Crippen molar-refractivity contribution < 1.29 is 9.59 Å². The van der Waals surface area contributed by atoms with Crippen molar-refractivity contribution in [2.75, 3.05) is 5.32 Å². The van der Waals surface area contributed by atoms with Gasteiger partial charge in [-0.1, -0.05) is 43.2 Å². The molecule has 0 bridgehead atoms. The third kappa shape index (κ3) is 3.25. The molecule has 0 spiro atoms. The third-order valence-electron chi connectivity index (χ3n) is 4.18. The number of amides is 1. The van der Waals surface area contributed by atoms with Crippen molar-refractivity contribution in [3.05, 3.63) is 65.7 Å². The van der Waals surface area contributed by atoms with E-state index in [4.69, 9.17) is 0 Å². The second-order valence-electron chi connectivity index (χ2n) is 5.74. The van der Waals surface area contributed by atoms with Crippen molar-refractivity contribution in [2.45, 2.75) is 25.7 Å². The van der Waals surface area contributed by atoms with Gasteiger partial charge in [0.1, 0.15) is 0 Å². The quantitative estimate of drug-likeness (QED) is 0.864. The van der Waals surface area contributed by atoms with Gasteiger partial charge in [-0.3, -0.25) is 9.59 Å². The second-order valence-corrected chi connectivity index (χ2v) is 5.74. The van der Waals surface area contributed by atoms with Crippen molar-refractivity contribution in [1.82, 2.24) is 0 Å². The summed E-state index contributed by atoms with van der Waals surface area (Å²) >= 11 is 0. The van der Waals surface area contributed by atoms with Gasteiger partial charge in [-0.15, -0.1) is 0 Å². The molecule has 22 heavy (non-hydrogen) atoms. The van der Waals surface area contributed by atoms with Crippen LogP contribution in [0.25, 0.3) is 0 Å². The fourth-order valence-electron chi connectivity index (χ4n) is 2.89. The molecule has 1 saturated carbocycles. The fourth-order valence-corrected chi connectivity index (χ4v) is 2.89. The van der Waals surface area contributed by atoms with Gasteiger partial charge < -0.3 is 5.32 Å². The molecular formula is C19H19NO2. The first-order valence-electron chi connectivity index (χ1n) is 7.75. The molecule has 1 N–H and O–H groups in total. The second kappa shape index (κ2) is 6.56. The van der Waals surface area contributed by atoms with Crippen LogP contribution in [0.4, 0.5) is 5.69 Å². The van der Waals surface area contributed by atoms with Gasteiger partial charge in [0.15, 0.2) is 5.78 Å². The summed E-state index contributed by atoms with van der Waals surface area (Å²) in [4.78, 5) is 24.4. The number of hydrogen-bond acceptors (Lipinski definition) is 2. The van der Waals surface area contributed by atoms with Gasteiger partial charge in [0.05, 0.1) is 0 Å². The number of rotatable bonds is 4. The number of nitrogens with one attached hydrogen (secondary N) is 1. The first-order chi connectivity index (χ1) is 10.7. The van der Waals surface area contributed by atoms with Gasteiger partial charge in [-0.2, -0.15) is 0 Å². The van der Waals surface area contributed by atoms with E-state index in [1.54, 1.807) is 36.4 Å². The lowest BCUT2D eigenvalue weighted by Crippen LogP contribution is -2.20. The summed E-state index contributed by atoms with van der Waals surface area (Å²) in [7, 11) is 0. The van der Waals surface area contributed by atoms with Gasteiger partial charge in [-0.25, -0.2) is 0 Å². The van der Waals surface area contributed by atoms with Crippen LogP contribution in [0.5, 0.6) is 0 Å². The van der Waals surface area contributed by atoms with E-state index in [1.165, 1.54) is 0 Å². The fraction of sp³-hybridized carbons (Fsp3) is 0.263. The summed E-state index contributed by atoms with van der Waals surface area (Å²) in [6, 6.07) is 16.3. The van der Waals surface area contributed by atoms with E-state index in [0.717, 1.165) is 31.4 Å². The number of anilines is 1. The van der Waals surface area contributed by atoms with Gasteiger partial charge in [0, 0.05) is 22.7 Å². The Morgan fingerprint density at radius 3 is 2.05 bits per heavy atom. The van der Waals surface area contributed by atoms with Crippen LogP contribution in [0.2, 0.25) is 0 Å². The summed E-state index contributed by atoms with van der Waals surface area (Å²) in [6.07, 6.45) is 4.25. The number of ketones is 1. The molecule has 3 rings (SSSR count). The van der Waals surface area contributed by atoms with Crippen LogP contribution in [0.3, 0.4) is 0 Å². The van der Waals surface area contributed by atoms with Gasteiger partial charge in [-0.05, 0) is 37.1 Å². The SMILES string of the molecule is O=C(c1ccccc1)c1ccc(NC(=O)C2CCCC2)cc1. The minimum absolute atomic E-state index is 0.00531. The molecule has 0 unspecified atom stereocenters. The van der Waals surface area contributed by atoms with Gasteiger partial charge in [0.2, 0.25) is 5.91 Å². The van der Waals surface area contributed by atoms with Crippen molar-refractivity contribution in [1.29, 1.82) is 0 Å². The first-order valence-corrected chi connectivity index (χ1v) is 7.75. The van der Waals surface area contributed by atoms with E-state index < -0.39 is 0 Å². The van der Waals surface area contributed by atoms with E-state index >= 15 is 0 Å². The van der Waals surface area contributed by atoms with Crippen LogP contribution in [0.15, 0.2) is 54.6 Å². The number of carbonyl (C=O) groups excluding carboxylic acids is 2. The maximum atomic E-state index is 12.3. The smallest absolute Gasteiger partial charge is 0.227 e. The van der Waals surface area contributed by atoms with E-state index in [-0.39, 0.29) is 17.6 Å². The molecule has 0 saturated heterocycles. The Hall–Kier alpha value is -2.42. The maximum Gasteiger partial charge on any atom is 0.227 e. The normalized spacial score (nSPS) is 14.7. The van der Waals surface area contributed by atoms with Gasteiger partial charge >= 0.3 is 0 Å². The largest absolute Gasteiger partial charge is 0.326 e. The van der Waals surface area contributed by atoms with Crippen LogP contribution in [-0.4, -0.2) is 11.7 Å². The molecule has 1 aliphatic carbocycles. The Morgan fingerprint density at radius 2 is 1.41 bits per heavy atom. The number of hydrogen-bond donors (Lipinski definition) is 1. The van der Waals surface area contributed by atoms with E-state index in [2.05, 4.69) is 5.32 Å². The first kappa shape index (κ1) is 14.5. The molecule has 2 aromatic carbocycles. The highest BCUT2D eigenvalue weighted by Crippen LogP contribution is 2.26. The van der Waals surface area contributed by atoms with E-state index in [1.807, 2.05) is 18.2 Å². The molecule has 0 aliphatic heterocycles. The average Bonchev–Trinajstić information content (AvgIpc) is 3.10. The Labute approximate surface area is 130 Å². The average molecular weight is 293 g/mol. The van der Waals surface area contributed by atoms with Crippen molar-refractivity contribution in [2.24, 2.45) is 5.92 Å². The van der Waals surface area contributed by atoms with Crippen LogP contribution < -0.4 is 5.32 Å². The van der Waals surface area contributed by atoms with Crippen LogP contribution in [0.1, 0.15) is 41.6 Å². The Bertz CT molecular complexity index is 656. The van der Waals surface area contributed by atoms with Crippen LogP contribution in [-0.2, 0) is 4.79 Å². The number of carbonyl (C=O) groups is 2. The Kier molecular flexibility index (Phi) is 4.33. The zero-order valence-electron chi connectivity index (χ0n) is 12.4. The minimum Gasteiger partial charge on any atom is -0.326 e. The molecule has 3 nitrogen and oxygen atoms in total. The van der Waals surface area contributed by atoms with Crippen LogP contribution >= 0.6 is 0 Å². The molecule has 0 atom stereocenters. The molecule has 1 aliphatic rings. The Balaban J connectivity index is 1.67. The molecular weight excluding hydrogens is 274 g/mol. The van der Waals surface area contributed by atoms with Crippen LogP contribution in [0, 0.1) is 5.92 Å². The topological polar surface area (TPSA) is 46.2 Å². The van der Waals surface area contributed by atoms with Gasteiger partial charge in [0.25, 0.3) is 0 Å². The monoisotopic (exact) mass is 293 g/mol. The van der Waals surface area contributed by atoms with Crippen molar-refractivity contribution in [3.63, 3.8) is 0 Å². The van der Waals surface area contributed by atoms with Crippen molar-refractivity contribution in [3.8, 4) is 0 Å². The zero-order valence-corrected chi connectivity index (χ0v) is 12.4. The predicted octanol–water partition coefficient (Wildman–Crippen LogP) is 4.05. The molecule has 1 amide bonds. The summed E-state index contributed by atoms with van der Waals surface area (Å²) < 4.78 is 0. The maximum absolute atomic E-state index is 12.3. The molecule has 0 radical (unpaired) electrons. The van der Waals surface area contributed by atoms with Crippen molar-refractivity contribution >= 4 is 17.4 Å². The third-order valence-corrected chi connectivity index (χ3v) is 4.18. The lowest BCUT2D eigenvalue weighted by molar-refractivity contribution is -0.119. The predicted molar refractivity (Wildman–Crippen MR) is 86.9 cm³/mol.